The molecule has 1 fully saturated rings. The van der Waals surface area contributed by atoms with Gasteiger partial charge in [0.2, 0.25) is 0 Å². The molecule has 1 saturated carbocycles. The highest BCUT2D eigenvalue weighted by Gasteiger charge is 2.40. The Balaban J connectivity index is 2.01. The first-order chi connectivity index (χ1) is 10.6. The fourth-order valence-electron chi connectivity index (χ4n) is 2.97. The Labute approximate surface area is 130 Å². The topological polar surface area (TPSA) is 58.6 Å². The molecule has 2 rings (SSSR count). The number of aliphatic hydroxyl groups is 1. The standard InChI is InChI=1S/C17H24FNO3/c1-2-22-16(21)17(10-4-3-5-11-17)19-12-15(20)13-6-8-14(18)9-7-13/h6-9,15,19-20H,2-5,10-12H2,1H3. The summed E-state index contributed by atoms with van der Waals surface area (Å²) in [5.74, 6) is -0.569. The molecule has 22 heavy (non-hydrogen) atoms. The molecule has 1 aromatic rings. The molecule has 1 aliphatic carbocycles. The SMILES string of the molecule is CCOC(=O)C1(NCC(O)c2ccc(F)cc2)CCCCC1. The predicted octanol–water partition coefficient (Wildman–Crippen LogP) is 2.71. The summed E-state index contributed by atoms with van der Waals surface area (Å²) in [6, 6.07) is 5.75. The van der Waals surface area contributed by atoms with Gasteiger partial charge in [0, 0.05) is 6.54 Å². The van der Waals surface area contributed by atoms with E-state index >= 15 is 0 Å². The van der Waals surface area contributed by atoms with Crippen molar-refractivity contribution < 1.29 is 19.0 Å². The van der Waals surface area contributed by atoms with Gasteiger partial charge in [-0.25, -0.2) is 4.39 Å². The number of halogens is 1. The lowest BCUT2D eigenvalue weighted by molar-refractivity contribution is -0.153. The number of carbonyl (C=O) groups excluding carboxylic acids is 1. The molecule has 1 aromatic carbocycles. The lowest BCUT2D eigenvalue weighted by Gasteiger charge is -2.36. The van der Waals surface area contributed by atoms with E-state index in [-0.39, 0.29) is 18.3 Å². The third-order valence-electron chi connectivity index (χ3n) is 4.26. The number of rotatable bonds is 6. The van der Waals surface area contributed by atoms with Gasteiger partial charge >= 0.3 is 5.97 Å². The Morgan fingerprint density at radius 1 is 1.32 bits per heavy atom. The van der Waals surface area contributed by atoms with Gasteiger partial charge in [-0.3, -0.25) is 10.1 Å². The minimum Gasteiger partial charge on any atom is -0.465 e. The number of benzene rings is 1. The zero-order valence-electron chi connectivity index (χ0n) is 13.0. The van der Waals surface area contributed by atoms with E-state index in [1.54, 1.807) is 19.1 Å². The predicted molar refractivity (Wildman–Crippen MR) is 81.8 cm³/mol. The van der Waals surface area contributed by atoms with Crippen molar-refractivity contribution in [3.63, 3.8) is 0 Å². The number of nitrogens with one attached hydrogen (secondary N) is 1. The Bertz CT molecular complexity index is 483. The summed E-state index contributed by atoms with van der Waals surface area (Å²) in [7, 11) is 0. The molecule has 0 aliphatic heterocycles. The number of hydrogen-bond acceptors (Lipinski definition) is 4. The van der Waals surface area contributed by atoms with E-state index in [4.69, 9.17) is 4.74 Å². The quantitative estimate of drug-likeness (QED) is 0.793. The van der Waals surface area contributed by atoms with E-state index < -0.39 is 11.6 Å². The highest BCUT2D eigenvalue weighted by atomic mass is 19.1. The summed E-state index contributed by atoms with van der Waals surface area (Å²) in [6.07, 6.45) is 3.72. The summed E-state index contributed by atoms with van der Waals surface area (Å²) in [5.41, 5.74) is -0.0707. The van der Waals surface area contributed by atoms with E-state index in [9.17, 15) is 14.3 Å². The zero-order valence-corrected chi connectivity index (χ0v) is 13.0. The van der Waals surface area contributed by atoms with Crippen molar-refractivity contribution in [3.05, 3.63) is 35.6 Å². The Kier molecular flexibility index (Phi) is 5.91. The van der Waals surface area contributed by atoms with Gasteiger partial charge in [0.1, 0.15) is 11.4 Å². The molecule has 0 bridgehead atoms. The van der Waals surface area contributed by atoms with Crippen LogP contribution in [0.1, 0.15) is 50.7 Å². The van der Waals surface area contributed by atoms with Crippen molar-refractivity contribution in [1.82, 2.24) is 5.32 Å². The molecule has 0 spiro atoms. The fourth-order valence-corrected chi connectivity index (χ4v) is 2.97. The molecule has 1 unspecified atom stereocenters. The van der Waals surface area contributed by atoms with Crippen molar-refractivity contribution in [2.75, 3.05) is 13.2 Å². The number of β-amino-alcohol motifs (C(OH)–C–C–N with tert-alkyl or cyclic N) is 1. The molecule has 122 valence electrons. The molecule has 0 heterocycles. The van der Waals surface area contributed by atoms with Crippen LogP contribution in [0.4, 0.5) is 4.39 Å². The number of hydrogen-bond donors (Lipinski definition) is 2. The van der Waals surface area contributed by atoms with Crippen LogP contribution in [-0.2, 0) is 9.53 Å². The third-order valence-corrected chi connectivity index (χ3v) is 4.26. The number of aliphatic hydroxyl groups excluding tert-OH is 1. The number of ether oxygens (including phenoxy) is 1. The van der Waals surface area contributed by atoms with Crippen LogP contribution in [0.25, 0.3) is 0 Å². The molecule has 2 N–H and O–H groups in total. The van der Waals surface area contributed by atoms with Crippen LogP contribution >= 0.6 is 0 Å². The van der Waals surface area contributed by atoms with Crippen molar-refractivity contribution in [3.8, 4) is 0 Å². The largest absolute Gasteiger partial charge is 0.465 e. The minimum absolute atomic E-state index is 0.235. The van der Waals surface area contributed by atoms with E-state index in [1.807, 2.05) is 0 Å². The van der Waals surface area contributed by atoms with E-state index in [0.717, 1.165) is 32.1 Å². The van der Waals surface area contributed by atoms with Crippen LogP contribution in [0.5, 0.6) is 0 Å². The molecule has 0 saturated heterocycles. The highest BCUT2D eigenvalue weighted by Crippen LogP contribution is 2.30. The van der Waals surface area contributed by atoms with Crippen LogP contribution < -0.4 is 5.32 Å². The highest BCUT2D eigenvalue weighted by molar-refractivity contribution is 5.81. The second-order valence-electron chi connectivity index (χ2n) is 5.81. The van der Waals surface area contributed by atoms with Crippen LogP contribution in [0.15, 0.2) is 24.3 Å². The van der Waals surface area contributed by atoms with E-state index in [2.05, 4.69) is 5.32 Å². The van der Waals surface area contributed by atoms with Gasteiger partial charge in [-0.1, -0.05) is 31.4 Å². The normalized spacial score (nSPS) is 18.7. The second-order valence-corrected chi connectivity index (χ2v) is 5.81. The number of carbonyl (C=O) groups is 1. The Morgan fingerprint density at radius 3 is 2.55 bits per heavy atom. The maximum Gasteiger partial charge on any atom is 0.326 e. The second kappa shape index (κ2) is 7.70. The summed E-state index contributed by atoms with van der Waals surface area (Å²) < 4.78 is 18.1. The van der Waals surface area contributed by atoms with Crippen LogP contribution in [0, 0.1) is 5.82 Å². The summed E-state index contributed by atoms with van der Waals surface area (Å²) in [4.78, 5) is 12.3. The average Bonchev–Trinajstić information content (AvgIpc) is 2.54. The summed E-state index contributed by atoms with van der Waals surface area (Å²) in [6.45, 7) is 2.38. The molecule has 5 heteroatoms. The molecular formula is C17H24FNO3. The molecular weight excluding hydrogens is 285 g/mol. The van der Waals surface area contributed by atoms with Gasteiger partial charge in [-0.15, -0.1) is 0 Å². The first kappa shape index (κ1) is 16.9. The molecule has 1 aliphatic rings. The minimum atomic E-state index is -0.783. The van der Waals surface area contributed by atoms with Gasteiger partial charge in [-0.2, -0.15) is 0 Å². The Morgan fingerprint density at radius 2 is 1.95 bits per heavy atom. The van der Waals surface area contributed by atoms with Crippen molar-refractivity contribution in [1.29, 1.82) is 0 Å². The van der Waals surface area contributed by atoms with Crippen molar-refractivity contribution in [2.45, 2.75) is 50.7 Å². The lowest BCUT2D eigenvalue weighted by atomic mass is 9.81. The fraction of sp³-hybridized carbons (Fsp3) is 0.588. The number of esters is 1. The summed E-state index contributed by atoms with van der Waals surface area (Å²) in [5, 5.41) is 13.4. The van der Waals surface area contributed by atoms with Gasteiger partial charge in [0.05, 0.1) is 12.7 Å². The lowest BCUT2D eigenvalue weighted by Crippen LogP contribution is -2.55. The molecule has 1 atom stereocenters. The molecule has 0 aromatic heterocycles. The van der Waals surface area contributed by atoms with Crippen LogP contribution in [0.2, 0.25) is 0 Å². The van der Waals surface area contributed by atoms with Gasteiger partial charge in [0.15, 0.2) is 0 Å². The van der Waals surface area contributed by atoms with E-state index in [1.165, 1.54) is 12.1 Å². The van der Waals surface area contributed by atoms with Gasteiger partial charge in [-0.05, 0) is 37.5 Å². The molecule has 0 amide bonds. The maximum absolute atomic E-state index is 12.9. The third kappa shape index (κ3) is 4.05. The Hall–Kier alpha value is -1.46. The molecule has 0 radical (unpaired) electrons. The van der Waals surface area contributed by atoms with Gasteiger partial charge < -0.3 is 9.84 Å². The smallest absolute Gasteiger partial charge is 0.326 e. The van der Waals surface area contributed by atoms with Crippen LogP contribution in [0.3, 0.4) is 0 Å². The zero-order chi connectivity index (χ0) is 16.0. The first-order valence-electron chi connectivity index (χ1n) is 7.93. The average molecular weight is 309 g/mol. The van der Waals surface area contributed by atoms with Gasteiger partial charge in [0.25, 0.3) is 0 Å². The summed E-state index contributed by atoms with van der Waals surface area (Å²) >= 11 is 0. The molecule has 4 nitrogen and oxygen atoms in total. The van der Waals surface area contributed by atoms with Crippen LogP contribution in [-0.4, -0.2) is 29.8 Å². The monoisotopic (exact) mass is 309 g/mol. The first-order valence-corrected chi connectivity index (χ1v) is 7.93. The van der Waals surface area contributed by atoms with E-state index in [0.29, 0.717) is 12.2 Å². The van der Waals surface area contributed by atoms with Crippen molar-refractivity contribution >= 4 is 5.97 Å². The maximum atomic E-state index is 12.9. The van der Waals surface area contributed by atoms with Crippen molar-refractivity contribution in [2.24, 2.45) is 0 Å².